The molecule has 6 nitrogen and oxygen atoms in total. The Balaban J connectivity index is 2.09. The molecular formula is C15H21N4O2S+. The second-order valence-corrected chi connectivity index (χ2v) is 6.10. The second-order valence-electron chi connectivity index (χ2n) is 5.13. The number of hydrogen-bond donors (Lipinski definition) is 2. The van der Waals surface area contributed by atoms with E-state index >= 15 is 0 Å². The smallest absolute Gasteiger partial charge is 0.284 e. The Kier molecular flexibility index (Phi) is 5.46. The predicted molar refractivity (Wildman–Crippen MR) is 86.7 cm³/mol. The minimum Gasteiger partial charge on any atom is -0.497 e. The topological polar surface area (TPSA) is 91.8 Å². The number of benzene rings is 1. The van der Waals surface area contributed by atoms with Gasteiger partial charge in [0, 0.05) is 11.5 Å². The number of rotatable bonds is 6. The third-order valence-electron chi connectivity index (χ3n) is 3.64. The molecule has 0 bridgehead atoms. The van der Waals surface area contributed by atoms with Crippen LogP contribution >= 0.6 is 11.3 Å². The maximum Gasteiger partial charge on any atom is 0.284 e. The van der Waals surface area contributed by atoms with E-state index in [-0.39, 0.29) is 17.9 Å². The van der Waals surface area contributed by atoms with Crippen molar-refractivity contribution in [1.82, 2.24) is 10.2 Å². The van der Waals surface area contributed by atoms with E-state index in [9.17, 15) is 4.79 Å². The van der Waals surface area contributed by atoms with E-state index in [4.69, 9.17) is 4.74 Å². The number of nitrogens with one attached hydrogen (secondary N) is 1. The summed E-state index contributed by atoms with van der Waals surface area (Å²) >= 11 is 1.33. The van der Waals surface area contributed by atoms with Crippen molar-refractivity contribution in [2.24, 2.45) is 5.92 Å². The van der Waals surface area contributed by atoms with Crippen molar-refractivity contribution in [3.8, 4) is 16.3 Å². The molecule has 0 spiro atoms. The highest BCUT2D eigenvalue weighted by atomic mass is 32.1. The number of aromatic nitrogens is 2. The number of amides is 1. The maximum atomic E-state index is 12.1. The van der Waals surface area contributed by atoms with Crippen LogP contribution in [0.3, 0.4) is 0 Å². The molecule has 0 saturated heterocycles. The van der Waals surface area contributed by atoms with E-state index in [0.717, 1.165) is 22.7 Å². The van der Waals surface area contributed by atoms with Gasteiger partial charge in [0.2, 0.25) is 5.13 Å². The Morgan fingerprint density at radius 1 is 1.45 bits per heavy atom. The highest BCUT2D eigenvalue weighted by Crippen LogP contribution is 2.28. The van der Waals surface area contributed by atoms with Crippen molar-refractivity contribution in [3.05, 3.63) is 24.3 Å². The summed E-state index contributed by atoms with van der Waals surface area (Å²) in [7, 11) is 1.62. The predicted octanol–water partition coefficient (Wildman–Crippen LogP) is 1.81. The van der Waals surface area contributed by atoms with Crippen molar-refractivity contribution in [3.63, 3.8) is 0 Å². The standard InChI is InChI=1S/C15H20N4O2S/c1-4-9(2)12(16)13(20)17-15-19-18-14(22-15)10-6-5-7-11(8-10)21-3/h5-9,12H,4,16H2,1-3H3,(H,17,19,20)/p+1/t9-,12-/m1/s1. The molecule has 22 heavy (non-hydrogen) atoms. The average Bonchev–Trinajstić information content (AvgIpc) is 3.01. The largest absolute Gasteiger partial charge is 0.497 e. The SMILES string of the molecule is CC[C@@H](C)[C@@H]([NH3+])C(=O)Nc1nnc(-c2cccc(OC)c2)s1. The molecule has 0 aliphatic carbocycles. The van der Waals surface area contributed by atoms with E-state index in [1.165, 1.54) is 11.3 Å². The van der Waals surface area contributed by atoms with Crippen LogP contribution in [0.1, 0.15) is 20.3 Å². The van der Waals surface area contributed by atoms with Gasteiger partial charge in [0.15, 0.2) is 6.04 Å². The zero-order valence-corrected chi connectivity index (χ0v) is 13.8. The van der Waals surface area contributed by atoms with Crippen molar-refractivity contribution in [2.75, 3.05) is 12.4 Å². The lowest BCUT2D eigenvalue weighted by molar-refractivity contribution is -0.414. The fourth-order valence-electron chi connectivity index (χ4n) is 1.89. The Hall–Kier alpha value is -1.99. The first-order valence-corrected chi connectivity index (χ1v) is 7.98. The molecule has 2 atom stereocenters. The number of methoxy groups -OCH3 is 1. The summed E-state index contributed by atoms with van der Waals surface area (Å²) in [6.45, 7) is 4.06. The van der Waals surface area contributed by atoms with Gasteiger partial charge in [-0.3, -0.25) is 10.1 Å². The van der Waals surface area contributed by atoms with Gasteiger partial charge in [0.05, 0.1) is 7.11 Å². The Labute approximate surface area is 133 Å². The van der Waals surface area contributed by atoms with Crippen molar-refractivity contribution in [2.45, 2.75) is 26.3 Å². The molecule has 2 rings (SSSR count). The number of anilines is 1. The van der Waals surface area contributed by atoms with Gasteiger partial charge in [0.25, 0.3) is 5.91 Å². The normalized spacial score (nSPS) is 13.5. The van der Waals surface area contributed by atoms with Crippen molar-refractivity contribution < 1.29 is 15.3 Å². The highest BCUT2D eigenvalue weighted by Gasteiger charge is 2.24. The average molecular weight is 321 g/mol. The van der Waals surface area contributed by atoms with Gasteiger partial charge in [-0.25, -0.2) is 0 Å². The molecule has 118 valence electrons. The van der Waals surface area contributed by atoms with Gasteiger partial charge in [0.1, 0.15) is 10.8 Å². The highest BCUT2D eigenvalue weighted by molar-refractivity contribution is 7.18. The molecule has 0 aliphatic heterocycles. The minimum atomic E-state index is -0.297. The lowest BCUT2D eigenvalue weighted by Crippen LogP contribution is -2.69. The molecule has 1 heterocycles. The van der Waals surface area contributed by atoms with E-state index in [1.54, 1.807) is 7.11 Å². The van der Waals surface area contributed by atoms with Gasteiger partial charge < -0.3 is 10.5 Å². The van der Waals surface area contributed by atoms with E-state index < -0.39 is 0 Å². The summed E-state index contributed by atoms with van der Waals surface area (Å²) in [5.41, 5.74) is 4.83. The molecule has 1 amide bonds. The van der Waals surface area contributed by atoms with Gasteiger partial charge in [-0.2, -0.15) is 0 Å². The summed E-state index contributed by atoms with van der Waals surface area (Å²) < 4.78 is 5.20. The first kappa shape index (κ1) is 16.4. The molecule has 0 radical (unpaired) electrons. The number of ether oxygens (including phenoxy) is 1. The third kappa shape index (κ3) is 3.80. The van der Waals surface area contributed by atoms with Gasteiger partial charge in [-0.05, 0) is 18.6 Å². The fraction of sp³-hybridized carbons (Fsp3) is 0.400. The molecule has 4 N–H and O–H groups in total. The van der Waals surface area contributed by atoms with Crippen LogP contribution in [0.5, 0.6) is 5.75 Å². The maximum absolute atomic E-state index is 12.1. The second kappa shape index (κ2) is 7.33. The van der Waals surface area contributed by atoms with Gasteiger partial charge >= 0.3 is 0 Å². The summed E-state index contributed by atoms with van der Waals surface area (Å²) in [6.07, 6.45) is 0.909. The van der Waals surface area contributed by atoms with Crippen LogP contribution in [-0.2, 0) is 4.79 Å². The summed E-state index contributed by atoms with van der Waals surface area (Å²) in [4.78, 5) is 12.1. The Morgan fingerprint density at radius 3 is 2.91 bits per heavy atom. The van der Waals surface area contributed by atoms with Crippen molar-refractivity contribution >= 4 is 22.4 Å². The molecule has 0 saturated carbocycles. The van der Waals surface area contributed by atoms with Crippen LogP contribution in [0.2, 0.25) is 0 Å². The van der Waals surface area contributed by atoms with Crippen LogP contribution in [0.4, 0.5) is 5.13 Å². The van der Waals surface area contributed by atoms with Gasteiger partial charge in [-0.15, -0.1) is 10.2 Å². The van der Waals surface area contributed by atoms with Crippen LogP contribution < -0.4 is 15.8 Å². The van der Waals surface area contributed by atoms with Crippen LogP contribution in [0, 0.1) is 5.92 Å². The fourth-order valence-corrected chi connectivity index (χ4v) is 2.63. The first-order valence-electron chi connectivity index (χ1n) is 7.17. The summed E-state index contributed by atoms with van der Waals surface area (Å²) in [5.74, 6) is 0.862. The summed E-state index contributed by atoms with van der Waals surface area (Å²) in [5, 5.41) is 12.1. The zero-order chi connectivity index (χ0) is 16.1. The van der Waals surface area contributed by atoms with E-state index in [2.05, 4.69) is 21.2 Å². The molecule has 0 fully saturated rings. The molecule has 1 aromatic carbocycles. The Bertz CT molecular complexity index is 644. The quantitative estimate of drug-likeness (QED) is 0.849. The lowest BCUT2D eigenvalue weighted by Gasteiger charge is -2.13. The number of carbonyl (C=O) groups is 1. The van der Waals surface area contributed by atoms with Crippen LogP contribution in [-0.4, -0.2) is 29.3 Å². The van der Waals surface area contributed by atoms with Crippen LogP contribution in [0.15, 0.2) is 24.3 Å². The number of quaternary nitrogens is 1. The lowest BCUT2D eigenvalue weighted by atomic mass is 10.00. The molecule has 1 aromatic heterocycles. The molecule has 7 heteroatoms. The first-order chi connectivity index (χ1) is 10.5. The number of carbonyl (C=O) groups excluding carboxylic acids is 1. The molecule has 0 aliphatic rings. The van der Waals surface area contributed by atoms with Crippen LogP contribution in [0.25, 0.3) is 10.6 Å². The number of nitrogens with zero attached hydrogens (tertiary/aromatic N) is 2. The summed E-state index contributed by atoms with van der Waals surface area (Å²) in [6, 6.07) is 7.28. The Morgan fingerprint density at radius 2 is 2.23 bits per heavy atom. The number of hydrogen-bond acceptors (Lipinski definition) is 5. The van der Waals surface area contributed by atoms with Crippen molar-refractivity contribution in [1.29, 1.82) is 0 Å². The zero-order valence-electron chi connectivity index (χ0n) is 13.0. The van der Waals surface area contributed by atoms with E-state index in [1.807, 2.05) is 38.1 Å². The molecule has 2 aromatic rings. The van der Waals surface area contributed by atoms with Gasteiger partial charge in [-0.1, -0.05) is 37.3 Å². The van der Waals surface area contributed by atoms with E-state index in [0.29, 0.717) is 5.13 Å². The monoisotopic (exact) mass is 321 g/mol. The third-order valence-corrected chi connectivity index (χ3v) is 4.53. The molecular weight excluding hydrogens is 300 g/mol. The minimum absolute atomic E-state index is 0.123. The molecule has 0 unspecified atom stereocenters.